The third-order valence-electron chi connectivity index (χ3n) is 4.52. The number of nitrogens with one attached hydrogen (secondary N) is 2. The molecule has 9 nitrogen and oxygen atoms in total. The van der Waals surface area contributed by atoms with Crippen LogP contribution in [0.4, 0.5) is 22.1 Å². The quantitative estimate of drug-likeness (QED) is 0.838. The lowest BCUT2D eigenvalue weighted by Gasteiger charge is -2.36. The van der Waals surface area contributed by atoms with E-state index in [1.165, 1.54) is 6.33 Å². The number of piperazine rings is 1. The molecule has 1 saturated heterocycles. The highest BCUT2D eigenvalue weighted by Crippen LogP contribution is 2.34. The highest BCUT2D eigenvalue weighted by molar-refractivity contribution is 6.05. The number of rotatable bonds is 4. The molecule has 2 amide bonds. The van der Waals surface area contributed by atoms with Crippen molar-refractivity contribution in [1.82, 2.24) is 14.9 Å². The molecule has 142 valence electrons. The molecule has 1 fully saturated rings. The normalized spacial score (nSPS) is 19.7. The summed E-state index contributed by atoms with van der Waals surface area (Å²) in [7, 11) is 0. The van der Waals surface area contributed by atoms with Gasteiger partial charge in [0.05, 0.1) is 6.61 Å². The number of fused-ring (bicyclic) bond motifs is 1. The Labute approximate surface area is 153 Å². The molecule has 0 aromatic carbocycles. The van der Waals surface area contributed by atoms with Crippen molar-refractivity contribution in [1.29, 1.82) is 0 Å². The molecule has 26 heavy (non-hydrogen) atoms. The van der Waals surface area contributed by atoms with E-state index in [1.54, 1.807) is 11.8 Å². The van der Waals surface area contributed by atoms with Crippen LogP contribution in [0.5, 0.6) is 0 Å². The molecule has 2 aliphatic rings. The van der Waals surface area contributed by atoms with E-state index in [9.17, 15) is 9.59 Å². The Balaban J connectivity index is 1.72. The van der Waals surface area contributed by atoms with Gasteiger partial charge in [-0.25, -0.2) is 14.8 Å². The van der Waals surface area contributed by atoms with Gasteiger partial charge in [0.25, 0.3) is 0 Å². The summed E-state index contributed by atoms with van der Waals surface area (Å²) in [4.78, 5) is 36.7. The SMILES string of the molecule is CCOC(=O)N1CCN(c2ncnc3c2NC(=O)C(CC(C)C)N3)CC1. The fourth-order valence-corrected chi connectivity index (χ4v) is 3.23. The van der Waals surface area contributed by atoms with E-state index in [0.29, 0.717) is 56.0 Å². The Hall–Kier alpha value is -2.58. The second kappa shape index (κ2) is 7.76. The second-order valence-corrected chi connectivity index (χ2v) is 6.91. The smallest absolute Gasteiger partial charge is 0.409 e. The minimum Gasteiger partial charge on any atom is -0.450 e. The van der Waals surface area contributed by atoms with Gasteiger partial charge in [-0.1, -0.05) is 13.8 Å². The van der Waals surface area contributed by atoms with E-state index >= 15 is 0 Å². The first-order valence-electron chi connectivity index (χ1n) is 9.08. The van der Waals surface area contributed by atoms with Crippen LogP contribution in [0.1, 0.15) is 27.2 Å². The zero-order valence-corrected chi connectivity index (χ0v) is 15.5. The third-order valence-corrected chi connectivity index (χ3v) is 4.52. The Kier molecular flexibility index (Phi) is 5.43. The molecule has 1 atom stereocenters. The molecule has 1 aromatic rings. The average Bonchev–Trinajstić information content (AvgIpc) is 2.62. The maximum Gasteiger partial charge on any atom is 0.409 e. The molecule has 9 heteroatoms. The van der Waals surface area contributed by atoms with E-state index < -0.39 is 0 Å². The van der Waals surface area contributed by atoms with Gasteiger partial charge < -0.3 is 25.2 Å². The van der Waals surface area contributed by atoms with Crippen LogP contribution < -0.4 is 15.5 Å². The number of hydrogen-bond donors (Lipinski definition) is 2. The summed E-state index contributed by atoms with van der Waals surface area (Å²) in [5, 5.41) is 6.19. The Bertz CT molecular complexity index is 672. The number of carbonyl (C=O) groups excluding carboxylic acids is 2. The lowest BCUT2D eigenvalue weighted by Crippen LogP contribution is -2.50. The Morgan fingerprint density at radius 3 is 2.69 bits per heavy atom. The predicted molar refractivity (Wildman–Crippen MR) is 98.3 cm³/mol. The van der Waals surface area contributed by atoms with Gasteiger partial charge in [0.1, 0.15) is 18.1 Å². The molecule has 0 spiro atoms. The van der Waals surface area contributed by atoms with Crippen LogP contribution in [0.2, 0.25) is 0 Å². The lowest BCUT2D eigenvalue weighted by molar-refractivity contribution is -0.117. The van der Waals surface area contributed by atoms with E-state index in [-0.39, 0.29) is 18.0 Å². The van der Waals surface area contributed by atoms with Gasteiger partial charge >= 0.3 is 6.09 Å². The second-order valence-electron chi connectivity index (χ2n) is 6.91. The van der Waals surface area contributed by atoms with E-state index in [0.717, 1.165) is 6.42 Å². The van der Waals surface area contributed by atoms with Gasteiger partial charge in [-0.15, -0.1) is 0 Å². The van der Waals surface area contributed by atoms with Crippen molar-refractivity contribution in [2.24, 2.45) is 5.92 Å². The minimum absolute atomic E-state index is 0.0626. The van der Waals surface area contributed by atoms with Crippen LogP contribution in [-0.2, 0) is 9.53 Å². The van der Waals surface area contributed by atoms with Gasteiger partial charge in [-0.3, -0.25) is 4.79 Å². The largest absolute Gasteiger partial charge is 0.450 e. The number of hydrogen-bond acceptors (Lipinski definition) is 7. The average molecular weight is 362 g/mol. The fourth-order valence-electron chi connectivity index (χ4n) is 3.23. The number of anilines is 3. The molecule has 2 N–H and O–H groups in total. The minimum atomic E-state index is -0.289. The molecule has 0 aliphatic carbocycles. The van der Waals surface area contributed by atoms with Crippen molar-refractivity contribution < 1.29 is 14.3 Å². The molecule has 0 bridgehead atoms. The molecule has 1 unspecified atom stereocenters. The Morgan fingerprint density at radius 1 is 1.31 bits per heavy atom. The number of carbonyl (C=O) groups is 2. The van der Waals surface area contributed by atoms with Crippen molar-refractivity contribution in [3.8, 4) is 0 Å². The zero-order chi connectivity index (χ0) is 18.7. The monoisotopic (exact) mass is 362 g/mol. The van der Waals surface area contributed by atoms with Crippen LogP contribution in [0.15, 0.2) is 6.33 Å². The molecule has 0 saturated carbocycles. The van der Waals surface area contributed by atoms with Gasteiger partial charge in [0.2, 0.25) is 5.91 Å². The zero-order valence-electron chi connectivity index (χ0n) is 15.5. The summed E-state index contributed by atoms with van der Waals surface area (Å²) >= 11 is 0. The first-order valence-corrected chi connectivity index (χ1v) is 9.08. The van der Waals surface area contributed by atoms with E-state index in [1.807, 2.05) is 0 Å². The summed E-state index contributed by atoms with van der Waals surface area (Å²) in [6.45, 7) is 8.67. The Morgan fingerprint density at radius 2 is 2.04 bits per heavy atom. The summed E-state index contributed by atoms with van der Waals surface area (Å²) in [5.41, 5.74) is 0.613. The number of nitrogens with zero attached hydrogens (tertiary/aromatic N) is 4. The van der Waals surface area contributed by atoms with Crippen molar-refractivity contribution >= 4 is 29.3 Å². The topological polar surface area (TPSA) is 99.7 Å². The van der Waals surface area contributed by atoms with Gasteiger partial charge in [0.15, 0.2) is 11.6 Å². The summed E-state index contributed by atoms with van der Waals surface area (Å²) in [5.74, 6) is 1.67. The molecule has 0 radical (unpaired) electrons. The predicted octanol–water partition coefficient (Wildman–Crippen LogP) is 1.53. The maximum atomic E-state index is 12.4. The third kappa shape index (κ3) is 3.81. The highest BCUT2D eigenvalue weighted by Gasteiger charge is 2.31. The molecule has 3 rings (SSSR count). The molecular weight excluding hydrogens is 336 g/mol. The van der Waals surface area contributed by atoms with Crippen molar-refractivity contribution in [3.05, 3.63) is 6.33 Å². The summed E-state index contributed by atoms with van der Waals surface area (Å²) < 4.78 is 5.05. The van der Waals surface area contributed by atoms with Crippen LogP contribution in [-0.4, -0.2) is 65.7 Å². The van der Waals surface area contributed by atoms with Crippen molar-refractivity contribution in [2.45, 2.75) is 33.2 Å². The number of ether oxygens (including phenoxy) is 1. The molecule has 2 aliphatic heterocycles. The van der Waals surface area contributed by atoms with Crippen LogP contribution in [0.25, 0.3) is 0 Å². The number of amides is 2. The van der Waals surface area contributed by atoms with Gasteiger partial charge in [0, 0.05) is 26.2 Å². The van der Waals surface area contributed by atoms with Gasteiger partial charge in [-0.2, -0.15) is 0 Å². The lowest BCUT2D eigenvalue weighted by atomic mass is 10.0. The van der Waals surface area contributed by atoms with E-state index in [4.69, 9.17) is 4.74 Å². The highest BCUT2D eigenvalue weighted by atomic mass is 16.6. The number of aromatic nitrogens is 2. The van der Waals surface area contributed by atoms with Crippen molar-refractivity contribution in [3.63, 3.8) is 0 Å². The molecule has 1 aromatic heterocycles. The van der Waals surface area contributed by atoms with Crippen LogP contribution >= 0.6 is 0 Å². The molecular formula is C17H26N6O3. The van der Waals surface area contributed by atoms with Crippen LogP contribution in [0.3, 0.4) is 0 Å². The standard InChI is InChI=1S/C17H26N6O3/c1-4-26-17(25)23-7-5-22(6-8-23)15-13-14(18-10-19-15)20-12(9-11(2)3)16(24)21-13/h10-12H,4-9H2,1-3H3,(H,21,24)(H,18,19,20). The van der Waals surface area contributed by atoms with Crippen molar-refractivity contribution in [2.75, 3.05) is 48.3 Å². The first-order chi connectivity index (χ1) is 12.5. The maximum absolute atomic E-state index is 12.4. The van der Waals surface area contributed by atoms with Crippen LogP contribution in [0, 0.1) is 5.92 Å². The molecule has 3 heterocycles. The summed E-state index contributed by atoms with van der Waals surface area (Å²) in [6.07, 6.45) is 1.95. The van der Waals surface area contributed by atoms with E-state index in [2.05, 4.69) is 39.3 Å². The van der Waals surface area contributed by atoms with Gasteiger partial charge in [-0.05, 0) is 19.3 Å². The summed E-state index contributed by atoms with van der Waals surface area (Å²) in [6, 6.07) is -0.286. The first kappa shape index (κ1) is 18.2. The fraction of sp³-hybridized carbons (Fsp3) is 0.647.